The lowest BCUT2D eigenvalue weighted by Gasteiger charge is -2.31. The average molecular weight is 455 g/mol. The van der Waals surface area contributed by atoms with Crippen molar-refractivity contribution >= 4 is 46.6 Å². The summed E-state index contributed by atoms with van der Waals surface area (Å²) in [6, 6.07) is 6.78. The number of carbonyl (C=O) groups excluding carboxylic acids is 2. The Morgan fingerprint density at radius 1 is 1.40 bits per heavy atom. The third kappa shape index (κ3) is 4.97. The number of piperidine rings is 1. The number of hydrogen-bond acceptors (Lipinski definition) is 5. The zero-order valence-electron chi connectivity index (χ0n) is 16.3. The predicted octanol–water partition coefficient (Wildman–Crippen LogP) is 3.51. The molecule has 2 fully saturated rings. The molecular weight excluding hydrogens is 434 g/mol. The van der Waals surface area contributed by atoms with Crippen LogP contribution in [-0.2, 0) is 9.53 Å². The Morgan fingerprint density at radius 3 is 2.70 bits per heavy atom. The summed E-state index contributed by atoms with van der Waals surface area (Å²) in [4.78, 5) is 25.6. The number of halogens is 3. The van der Waals surface area contributed by atoms with Gasteiger partial charge in [0.15, 0.2) is 4.84 Å². The Kier molecular flexibility index (Phi) is 7.06. The van der Waals surface area contributed by atoms with Crippen LogP contribution in [0.5, 0.6) is 0 Å². The van der Waals surface area contributed by atoms with Crippen LogP contribution >= 0.6 is 23.2 Å². The SMILES string of the molecule is CC(C#N)=C1CCN(c2ccc(N3C[C@H](CNC(=O)C(Cl)Cl)OC3=O)cc2F)CC1. The molecule has 1 atom stereocenters. The highest BCUT2D eigenvalue weighted by Gasteiger charge is 2.33. The van der Waals surface area contributed by atoms with E-state index in [-0.39, 0.29) is 13.1 Å². The van der Waals surface area contributed by atoms with Crippen LogP contribution in [0.4, 0.5) is 20.6 Å². The molecule has 2 aliphatic rings. The van der Waals surface area contributed by atoms with Crippen LogP contribution in [0.3, 0.4) is 0 Å². The largest absolute Gasteiger partial charge is 0.442 e. The monoisotopic (exact) mass is 454 g/mol. The summed E-state index contributed by atoms with van der Waals surface area (Å²) in [5, 5.41) is 11.5. The lowest BCUT2D eigenvalue weighted by Crippen LogP contribution is -2.37. The molecule has 0 bridgehead atoms. The highest BCUT2D eigenvalue weighted by molar-refractivity contribution is 6.53. The van der Waals surface area contributed by atoms with Crippen molar-refractivity contribution in [3.8, 4) is 6.07 Å². The number of rotatable bonds is 5. The molecular formula is C20H21Cl2FN4O3. The Labute approximate surface area is 184 Å². The minimum Gasteiger partial charge on any atom is -0.442 e. The van der Waals surface area contributed by atoms with Crippen molar-refractivity contribution in [3.05, 3.63) is 35.2 Å². The molecule has 2 aliphatic heterocycles. The number of nitriles is 1. The molecule has 0 spiro atoms. The van der Waals surface area contributed by atoms with E-state index >= 15 is 0 Å². The molecule has 2 saturated heterocycles. The van der Waals surface area contributed by atoms with Gasteiger partial charge in [0.05, 0.1) is 30.5 Å². The Hall–Kier alpha value is -2.50. The van der Waals surface area contributed by atoms with Gasteiger partial charge in [-0.25, -0.2) is 9.18 Å². The lowest BCUT2D eigenvalue weighted by atomic mass is 9.99. The first-order valence-corrected chi connectivity index (χ1v) is 10.3. The van der Waals surface area contributed by atoms with E-state index in [0.717, 1.165) is 24.0 Å². The van der Waals surface area contributed by atoms with Gasteiger partial charge in [-0.2, -0.15) is 5.26 Å². The molecule has 10 heteroatoms. The molecule has 0 radical (unpaired) electrons. The zero-order valence-corrected chi connectivity index (χ0v) is 17.8. The van der Waals surface area contributed by atoms with E-state index in [0.29, 0.717) is 24.5 Å². The molecule has 7 nitrogen and oxygen atoms in total. The normalized spacial score (nSPS) is 19.0. The van der Waals surface area contributed by atoms with Crippen molar-refractivity contribution in [2.75, 3.05) is 36.0 Å². The lowest BCUT2D eigenvalue weighted by molar-refractivity contribution is -0.119. The van der Waals surface area contributed by atoms with Crippen molar-refractivity contribution < 1.29 is 18.7 Å². The topological polar surface area (TPSA) is 85.7 Å². The molecule has 1 aromatic rings. The molecule has 1 N–H and O–H groups in total. The van der Waals surface area contributed by atoms with Gasteiger partial charge in [-0.1, -0.05) is 28.8 Å². The van der Waals surface area contributed by atoms with Gasteiger partial charge >= 0.3 is 6.09 Å². The van der Waals surface area contributed by atoms with E-state index in [4.69, 9.17) is 33.2 Å². The fourth-order valence-corrected chi connectivity index (χ4v) is 3.68. The quantitative estimate of drug-likeness (QED) is 0.543. The molecule has 1 aromatic carbocycles. The van der Waals surface area contributed by atoms with Gasteiger partial charge in [0, 0.05) is 18.7 Å². The number of anilines is 2. The summed E-state index contributed by atoms with van der Waals surface area (Å²) in [7, 11) is 0. The third-order valence-electron chi connectivity index (χ3n) is 5.22. The van der Waals surface area contributed by atoms with Gasteiger partial charge in [0.1, 0.15) is 11.9 Å². The van der Waals surface area contributed by atoms with Crippen molar-refractivity contribution in [2.24, 2.45) is 0 Å². The summed E-state index contributed by atoms with van der Waals surface area (Å²) >= 11 is 10.9. The highest BCUT2D eigenvalue weighted by Crippen LogP contribution is 2.30. The highest BCUT2D eigenvalue weighted by atomic mass is 35.5. The number of alkyl halides is 2. The number of amides is 2. The van der Waals surface area contributed by atoms with Gasteiger partial charge < -0.3 is 15.0 Å². The van der Waals surface area contributed by atoms with E-state index < -0.39 is 28.8 Å². The van der Waals surface area contributed by atoms with Crippen molar-refractivity contribution in [3.63, 3.8) is 0 Å². The maximum Gasteiger partial charge on any atom is 0.414 e. The number of nitrogens with zero attached hydrogens (tertiary/aromatic N) is 3. The number of ether oxygens (including phenoxy) is 1. The molecule has 0 saturated carbocycles. The number of benzene rings is 1. The zero-order chi connectivity index (χ0) is 21.8. The average Bonchev–Trinajstić information content (AvgIpc) is 3.12. The molecule has 2 heterocycles. The number of hydrogen-bond donors (Lipinski definition) is 1. The molecule has 0 aromatic heterocycles. The molecule has 160 valence electrons. The summed E-state index contributed by atoms with van der Waals surface area (Å²) in [6.45, 7) is 3.28. The van der Waals surface area contributed by atoms with Crippen LogP contribution in [0.15, 0.2) is 29.3 Å². The van der Waals surface area contributed by atoms with Gasteiger partial charge in [-0.3, -0.25) is 9.69 Å². The van der Waals surface area contributed by atoms with Crippen LogP contribution in [0.2, 0.25) is 0 Å². The predicted molar refractivity (Wildman–Crippen MR) is 112 cm³/mol. The summed E-state index contributed by atoms with van der Waals surface area (Å²) in [6.07, 6.45) is 0.233. The van der Waals surface area contributed by atoms with Crippen LogP contribution in [0.25, 0.3) is 0 Å². The van der Waals surface area contributed by atoms with Crippen molar-refractivity contribution in [1.29, 1.82) is 5.26 Å². The first-order chi connectivity index (χ1) is 14.3. The minimum atomic E-state index is -1.20. The minimum absolute atomic E-state index is 0.0589. The number of allylic oxidation sites excluding steroid dienone is 1. The second-order valence-electron chi connectivity index (χ2n) is 7.13. The Morgan fingerprint density at radius 2 is 2.10 bits per heavy atom. The molecule has 3 rings (SSSR count). The smallest absolute Gasteiger partial charge is 0.414 e. The van der Waals surface area contributed by atoms with Crippen LogP contribution in [-0.4, -0.2) is 49.1 Å². The van der Waals surface area contributed by atoms with E-state index in [1.54, 1.807) is 19.1 Å². The summed E-state index contributed by atoms with van der Waals surface area (Å²) < 4.78 is 20.0. The van der Waals surface area contributed by atoms with Crippen LogP contribution in [0.1, 0.15) is 19.8 Å². The van der Waals surface area contributed by atoms with Gasteiger partial charge in [-0.05, 0) is 38.0 Å². The van der Waals surface area contributed by atoms with Crippen molar-refractivity contribution in [1.82, 2.24) is 5.32 Å². The number of nitrogens with one attached hydrogen (secondary N) is 1. The van der Waals surface area contributed by atoms with Crippen LogP contribution < -0.4 is 15.1 Å². The van der Waals surface area contributed by atoms with E-state index in [1.165, 1.54) is 11.0 Å². The fraction of sp³-hybridized carbons (Fsp3) is 0.450. The summed E-state index contributed by atoms with van der Waals surface area (Å²) in [5.41, 5.74) is 2.68. The summed E-state index contributed by atoms with van der Waals surface area (Å²) in [5.74, 6) is -1.01. The van der Waals surface area contributed by atoms with Crippen LogP contribution in [0, 0.1) is 17.1 Å². The fourth-order valence-electron chi connectivity index (χ4n) is 3.52. The molecule has 30 heavy (non-hydrogen) atoms. The second-order valence-corrected chi connectivity index (χ2v) is 8.22. The maximum atomic E-state index is 14.8. The second kappa shape index (κ2) is 9.54. The third-order valence-corrected chi connectivity index (χ3v) is 5.62. The van der Waals surface area contributed by atoms with Crippen molar-refractivity contribution in [2.45, 2.75) is 30.7 Å². The van der Waals surface area contributed by atoms with E-state index in [1.807, 2.05) is 4.90 Å². The molecule has 0 unspecified atom stereocenters. The Balaban J connectivity index is 1.64. The molecule has 0 aliphatic carbocycles. The van der Waals surface area contributed by atoms with E-state index in [9.17, 15) is 14.0 Å². The first-order valence-electron chi connectivity index (χ1n) is 9.47. The van der Waals surface area contributed by atoms with Gasteiger partial charge in [0.2, 0.25) is 0 Å². The maximum absolute atomic E-state index is 14.8. The number of carbonyl (C=O) groups is 2. The van der Waals surface area contributed by atoms with E-state index in [2.05, 4.69) is 11.4 Å². The van der Waals surface area contributed by atoms with Gasteiger partial charge in [-0.15, -0.1) is 0 Å². The standard InChI is InChI=1S/C20H21Cl2FN4O3/c1-12(9-24)13-4-6-26(7-5-13)17-3-2-14(8-16(17)23)27-11-15(30-20(27)29)10-25-19(28)18(21)22/h2-3,8,15,18H,4-7,10-11H2,1H3,(H,25,28)/t15-/m0/s1. The van der Waals surface area contributed by atoms with Gasteiger partial charge in [0.25, 0.3) is 5.91 Å². The molecule has 2 amide bonds. The number of cyclic esters (lactones) is 1. The first kappa shape index (κ1) is 22.2. The Bertz CT molecular complexity index is 906.